The van der Waals surface area contributed by atoms with Crippen molar-refractivity contribution in [2.75, 3.05) is 7.11 Å². The number of aliphatic hydroxyl groups is 1. The van der Waals surface area contributed by atoms with Gasteiger partial charge < -0.3 is 19.7 Å². The maximum atomic E-state index is 11.0. The van der Waals surface area contributed by atoms with Gasteiger partial charge in [0.1, 0.15) is 23.2 Å². The van der Waals surface area contributed by atoms with Gasteiger partial charge in [-0.1, -0.05) is 0 Å². The third kappa shape index (κ3) is 3.35. The van der Waals surface area contributed by atoms with Crippen LogP contribution in [0.5, 0.6) is 11.5 Å². The Labute approximate surface area is 99.6 Å². The van der Waals surface area contributed by atoms with Crippen molar-refractivity contribution in [3.8, 4) is 11.5 Å². The third-order valence-corrected chi connectivity index (χ3v) is 2.41. The van der Waals surface area contributed by atoms with Crippen LogP contribution < -0.4 is 9.47 Å². The molecule has 0 aliphatic carbocycles. The summed E-state index contributed by atoms with van der Waals surface area (Å²) in [6.45, 7) is 3.24. The number of aliphatic hydroxyl groups excluding tert-OH is 1. The molecule has 17 heavy (non-hydrogen) atoms. The summed E-state index contributed by atoms with van der Waals surface area (Å²) < 4.78 is 10.4. The van der Waals surface area contributed by atoms with Crippen molar-refractivity contribution in [3.05, 3.63) is 23.8 Å². The van der Waals surface area contributed by atoms with Crippen LogP contribution in [-0.4, -0.2) is 35.5 Å². The minimum atomic E-state index is -1.08. The molecule has 0 aromatic heterocycles. The number of carbonyl (C=O) groups is 1. The first-order chi connectivity index (χ1) is 7.95. The SMILES string of the molecule is COc1ccc(C(=O)O)c(OC(C)C(C)O)c1. The standard InChI is InChI=1S/C12H16O5/c1-7(13)8(2)17-11-6-9(16-3)4-5-10(11)12(14)15/h4-8,13H,1-3H3,(H,14,15). The second-order valence-electron chi connectivity index (χ2n) is 3.73. The molecular weight excluding hydrogens is 224 g/mol. The summed E-state index contributed by atoms with van der Waals surface area (Å²) in [7, 11) is 1.48. The number of methoxy groups -OCH3 is 1. The summed E-state index contributed by atoms with van der Waals surface area (Å²) in [5.74, 6) is -0.395. The summed E-state index contributed by atoms with van der Waals surface area (Å²) in [5, 5.41) is 18.3. The predicted molar refractivity (Wildman–Crippen MR) is 61.7 cm³/mol. The first-order valence-electron chi connectivity index (χ1n) is 5.21. The molecule has 2 N–H and O–H groups in total. The van der Waals surface area contributed by atoms with E-state index in [0.29, 0.717) is 5.75 Å². The highest BCUT2D eigenvalue weighted by atomic mass is 16.5. The number of rotatable bonds is 5. The monoisotopic (exact) mass is 240 g/mol. The Kier molecular flexibility index (Phi) is 4.34. The van der Waals surface area contributed by atoms with Crippen LogP contribution in [0.15, 0.2) is 18.2 Å². The predicted octanol–water partition coefficient (Wildman–Crippen LogP) is 1.54. The van der Waals surface area contributed by atoms with Crippen molar-refractivity contribution in [1.82, 2.24) is 0 Å². The molecule has 1 aromatic rings. The second kappa shape index (κ2) is 5.54. The molecule has 0 fully saturated rings. The van der Waals surface area contributed by atoms with Crippen LogP contribution >= 0.6 is 0 Å². The summed E-state index contributed by atoms with van der Waals surface area (Å²) in [6, 6.07) is 4.44. The lowest BCUT2D eigenvalue weighted by molar-refractivity contribution is 0.0559. The van der Waals surface area contributed by atoms with E-state index in [1.54, 1.807) is 19.9 Å². The topological polar surface area (TPSA) is 76.0 Å². The molecule has 94 valence electrons. The maximum absolute atomic E-state index is 11.0. The lowest BCUT2D eigenvalue weighted by atomic mass is 10.2. The molecule has 0 radical (unpaired) electrons. The molecule has 0 bridgehead atoms. The van der Waals surface area contributed by atoms with E-state index in [2.05, 4.69) is 0 Å². The van der Waals surface area contributed by atoms with E-state index in [0.717, 1.165) is 0 Å². The van der Waals surface area contributed by atoms with Crippen molar-refractivity contribution in [1.29, 1.82) is 0 Å². The fourth-order valence-corrected chi connectivity index (χ4v) is 1.20. The molecule has 0 spiro atoms. The Balaban J connectivity index is 3.05. The number of aromatic carboxylic acids is 1. The van der Waals surface area contributed by atoms with Crippen molar-refractivity contribution in [2.24, 2.45) is 0 Å². The van der Waals surface area contributed by atoms with E-state index in [1.807, 2.05) is 0 Å². The van der Waals surface area contributed by atoms with E-state index >= 15 is 0 Å². The van der Waals surface area contributed by atoms with Crippen LogP contribution in [0.4, 0.5) is 0 Å². The molecule has 0 aliphatic heterocycles. The number of benzene rings is 1. The molecule has 1 rings (SSSR count). The molecule has 0 saturated carbocycles. The van der Waals surface area contributed by atoms with Crippen molar-refractivity contribution in [3.63, 3.8) is 0 Å². The third-order valence-electron chi connectivity index (χ3n) is 2.41. The van der Waals surface area contributed by atoms with Gasteiger partial charge in [0.15, 0.2) is 0 Å². The molecule has 0 saturated heterocycles. The lowest BCUT2D eigenvalue weighted by Gasteiger charge is -2.19. The number of hydrogen-bond donors (Lipinski definition) is 2. The normalized spacial score (nSPS) is 13.9. The van der Waals surface area contributed by atoms with Gasteiger partial charge in [-0.05, 0) is 26.0 Å². The van der Waals surface area contributed by atoms with E-state index in [1.165, 1.54) is 19.2 Å². The van der Waals surface area contributed by atoms with E-state index in [4.69, 9.17) is 14.6 Å². The first-order valence-corrected chi connectivity index (χ1v) is 5.21. The van der Waals surface area contributed by atoms with Crippen molar-refractivity contribution in [2.45, 2.75) is 26.1 Å². The molecule has 1 aromatic carbocycles. The van der Waals surface area contributed by atoms with Gasteiger partial charge in [0, 0.05) is 6.07 Å². The first kappa shape index (κ1) is 13.3. The van der Waals surface area contributed by atoms with E-state index in [9.17, 15) is 9.90 Å². The highest BCUT2D eigenvalue weighted by Gasteiger charge is 2.17. The van der Waals surface area contributed by atoms with E-state index < -0.39 is 18.2 Å². The molecule has 2 atom stereocenters. The Bertz CT molecular complexity index is 400. The van der Waals surface area contributed by atoms with Crippen LogP contribution in [0.3, 0.4) is 0 Å². The smallest absolute Gasteiger partial charge is 0.339 e. The number of hydrogen-bond acceptors (Lipinski definition) is 4. The van der Waals surface area contributed by atoms with Crippen LogP contribution in [-0.2, 0) is 0 Å². The highest BCUT2D eigenvalue weighted by Crippen LogP contribution is 2.26. The summed E-state index contributed by atoms with van der Waals surface area (Å²) in [4.78, 5) is 11.0. The van der Waals surface area contributed by atoms with Crippen molar-refractivity contribution >= 4 is 5.97 Å². The molecule has 0 aliphatic rings. The average molecular weight is 240 g/mol. The van der Waals surface area contributed by atoms with Gasteiger partial charge in [0.05, 0.1) is 13.2 Å². The van der Waals surface area contributed by atoms with Crippen LogP contribution in [0.2, 0.25) is 0 Å². The van der Waals surface area contributed by atoms with E-state index in [-0.39, 0.29) is 11.3 Å². The highest BCUT2D eigenvalue weighted by molar-refractivity contribution is 5.91. The molecule has 5 heteroatoms. The Morgan fingerprint density at radius 2 is 2.00 bits per heavy atom. The summed E-state index contributed by atoms with van der Waals surface area (Å²) in [5.41, 5.74) is 0.0401. The summed E-state index contributed by atoms with van der Waals surface area (Å²) in [6.07, 6.45) is -1.19. The average Bonchev–Trinajstić information content (AvgIpc) is 2.28. The zero-order valence-corrected chi connectivity index (χ0v) is 10.0. The molecular formula is C12H16O5. The van der Waals surface area contributed by atoms with Gasteiger partial charge in [-0.3, -0.25) is 0 Å². The maximum Gasteiger partial charge on any atom is 0.339 e. The van der Waals surface area contributed by atoms with Gasteiger partial charge in [0.25, 0.3) is 0 Å². The Hall–Kier alpha value is -1.75. The quantitative estimate of drug-likeness (QED) is 0.816. The zero-order chi connectivity index (χ0) is 13.0. The molecule has 0 amide bonds. The van der Waals surface area contributed by atoms with Crippen molar-refractivity contribution < 1.29 is 24.5 Å². The molecule has 2 unspecified atom stereocenters. The van der Waals surface area contributed by atoms with Crippen LogP contribution in [0, 0.1) is 0 Å². The largest absolute Gasteiger partial charge is 0.497 e. The van der Waals surface area contributed by atoms with Gasteiger partial charge in [-0.25, -0.2) is 4.79 Å². The van der Waals surface area contributed by atoms with Gasteiger partial charge in [-0.2, -0.15) is 0 Å². The number of ether oxygens (including phenoxy) is 2. The number of carboxylic acids is 1. The van der Waals surface area contributed by atoms with Gasteiger partial charge in [-0.15, -0.1) is 0 Å². The fourth-order valence-electron chi connectivity index (χ4n) is 1.20. The van der Waals surface area contributed by atoms with Gasteiger partial charge >= 0.3 is 5.97 Å². The Morgan fingerprint density at radius 3 is 2.47 bits per heavy atom. The zero-order valence-electron chi connectivity index (χ0n) is 10.0. The molecule has 5 nitrogen and oxygen atoms in total. The second-order valence-corrected chi connectivity index (χ2v) is 3.73. The summed E-state index contributed by atoms with van der Waals surface area (Å²) >= 11 is 0. The number of carboxylic acid groups (broad SMARTS) is 1. The Morgan fingerprint density at radius 1 is 1.35 bits per heavy atom. The van der Waals surface area contributed by atoms with Crippen LogP contribution in [0.1, 0.15) is 24.2 Å². The lowest BCUT2D eigenvalue weighted by Crippen LogP contribution is -2.26. The van der Waals surface area contributed by atoms with Gasteiger partial charge in [0.2, 0.25) is 0 Å². The molecule has 0 heterocycles. The minimum Gasteiger partial charge on any atom is -0.497 e. The fraction of sp³-hybridized carbons (Fsp3) is 0.417. The van der Waals surface area contributed by atoms with Crippen LogP contribution in [0.25, 0.3) is 0 Å². The minimum absolute atomic E-state index is 0.0401.